The van der Waals surface area contributed by atoms with Crippen LogP contribution in [0.2, 0.25) is 5.02 Å². The van der Waals surface area contributed by atoms with Gasteiger partial charge in [-0.15, -0.1) is 10.2 Å². The Hall–Kier alpha value is -2.45. The Kier molecular flexibility index (Phi) is 5.97. The van der Waals surface area contributed by atoms with E-state index in [2.05, 4.69) is 15.5 Å². The average Bonchev–Trinajstić information content (AvgIpc) is 3.29. The maximum Gasteiger partial charge on any atom is 0.277 e. The van der Waals surface area contributed by atoms with Crippen molar-refractivity contribution in [3.63, 3.8) is 0 Å². The van der Waals surface area contributed by atoms with Gasteiger partial charge in [-0.2, -0.15) is 0 Å². The van der Waals surface area contributed by atoms with Crippen molar-refractivity contribution in [2.45, 2.75) is 18.4 Å². The van der Waals surface area contributed by atoms with Crippen molar-refractivity contribution >= 4 is 29.3 Å². The number of furan rings is 1. The number of nitrogens with zero attached hydrogens (tertiary/aromatic N) is 2. The highest BCUT2D eigenvalue weighted by molar-refractivity contribution is 7.99. The molecule has 0 unspecified atom stereocenters. The van der Waals surface area contributed by atoms with Gasteiger partial charge < -0.3 is 18.9 Å². The van der Waals surface area contributed by atoms with Crippen molar-refractivity contribution < 1.29 is 18.4 Å². The Morgan fingerprint density at radius 1 is 1.24 bits per heavy atom. The van der Waals surface area contributed by atoms with Crippen LogP contribution in [-0.4, -0.2) is 21.9 Å². The van der Waals surface area contributed by atoms with Crippen molar-refractivity contribution in [1.82, 2.24) is 15.5 Å². The molecule has 0 radical (unpaired) electrons. The maximum atomic E-state index is 11.8. The lowest BCUT2D eigenvalue weighted by atomic mass is 10.3. The first kappa shape index (κ1) is 17.4. The van der Waals surface area contributed by atoms with Crippen LogP contribution in [0.1, 0.15) is 11.7 Å². The molecular formula is C16H14ClN3O4S. The maximum absolute atomic E-state index is 11.8. The molecule has 1 N–H and O–H groups in total. The zero-order valence-electron chi connectivity index (χ0n) is 13.0. The summed E-state index contributed by atoms with van der Waals surface area (Å²) in [4.78, 5) is 11.8. The van der Waals surface area contributed by atoms with Crippen LogP contribution in [-0.2, 0) is 17.9 Å². The molecule has 1 amide bonds. The molecule has 0 atom stereocenters. The average molecular weight is 380 g/mol. The third-order valence-electron chi connectivity index (χ3n) is 2.99. The molecule has 2 aromatic heterocycles. The number of nitrogens with one attached hydrogen (secondary N) is 1. The molecule has 2 heterocycles. The summed E-state index contributed by atoms with van der Waals surface area (Å²) in [6.07, 6.45) is 1.56. The molecule has 9 heteroatoms. The normalized spacial score (nSPS) is 10.6. The fraction of sp³-hybridized carbons (Fsp3) is 0.188. The highest BCUT2D eigenvalue weighted by Crippen LogP contribution is 2.19. The van der Waals surface area contributed by atoms with E-state index in [1.807, 2.05) is 0 Å². The smallest absolute Gasteiger partial charge is 0.277 e. The first-order chi connectivity index (χ1) is 12.2. The third kappa shape index (κ3) is 5.54. The number of carbonyl (C=O) groups is 1. The number of benzene rings is 1. The van der Waals surface area contributed by atoms with Crippen molar-refractivity contribution in [1.29, 1.82) is 0 Å². The highest BCUT2D eigenvalue weighted by Gasteiger charge is 2.10. The molecule has 3 aromatic rings. The van der Waals surface area contributed by atoms with E-state index in [0.717, 1.165) is 11.8 Å². The molecule has 0 bridgehead atoms. The Labute approximate surface area is 152 Å². The zero-order chi connectivity index (χ0) is 17.5. The van der Waals surface area contributed by atoms with E-state index in [-0.39, 0.29) is 18.3 Å². The molecule has 0 aliphatic heterocycles. The Morgan fingerprint density at radius 3 is 2.84 bits per heavy atom. The van der Waals surface area contributed by atoms with E-state index in [1.54, 1.807) is 42.7 Å². The number of hydrogen-bond acceptors (Lipinski definition) is 7. The van der Waals surface area contributed by atoms with Crippen LogP contribution in [0.15, 0.2) is 56.7 Å². The summed E-state index contributed by atoms with van der Waals surface area (Å²) in [6.45, 7) is 0.482. The van der Waals surface area contributed by atoms with Gasteiger partial charge in [0.1, 0.15) is 11.5 Å². The van der Waals surface area contributed by atoms with Gasteiger partial charge in [0.2, 0.25) is 5.91 Å². The number of ether oxygens (including phenoxy) is 1. The molecule has 130 valence electrons. The minimum Gasteiger partial charge on any atom is -0.484 e. The van der Waals surface area contributed by atoms with Gasteiger partial charge in [0.05, 0.1) is 18.6 Å². The fourth-order valence-electron chi connectivity index (χ4n) is 1.81. The third-order valence-corrected chi connectivity index (χ3v) is 4.06. The molecular weight excluding hydrogens is 366 g/mol. The molecule has 0 fully saturated rings. The summed E-state index contributed by atoms with van der Waals surface area (Å²) < 4.78 is 16.1. The summed E-state index contributed by atoms with van der Waals surface area (Å²) >= 11 is 6.96. The van der Waals surface area contributed by atoms with Crippen LogP contribution in [0, 0.1) is 0 Å². The van der Waals surface area contributed by atoms with Gasteiger partial charge in [0.15, 0.2) is 6.61 Å². The minimum atomic E-state index is -0.154. The molecule has 0 aliphatic carbocycles. The number of aromatic nitrogens is 2. The molecule has 0 spiro atoms. The van der Waals surface area contributed by atoms with Crippen molar-refractivity contribution in [2.75, 3.05) is 5.75 Å². The molecule has 0 aliphatic rings. The SMILES string of the molecule is O=C(CSc1nnc(COc2ccc(Cl)cc2)o1)NCc1ccco1. The minimum absolute atomic E-state index is 0.139. The first-order valence-electron chi connectivity index (χ1n) is 7.31. The lowest BCUT2D eigenvalue weighted by Gasteiger charge is -2.02. The largest absolute Gasteiger partial charge is 0.484 e. The van der Waals surface area contributed by atoms with E-state index in [0.29, 0.717) is 34.2 Å². The number of amides is 1. The summed E-state index contributed by atoms with van der Waals surface area (Å²) in [5.74, 6) is 1.68. The summed E-state index contributed by atoms with van der Waals surface area (Å²) in [6, 6.07) is 10.5. The number of hydrogen-bond donors (Lipinski definition) is 1. The second-order valence-corrected chi connectivity index (χ2v) is 6.21. The van der Waals surface area contributed by atoms with Gasteiger partial charge >= 0.3 is 0 Å². The van der Waals surface area contributed by atoms with Crippen LogP contribution in [0.3, 0.4) is 0 Å². The van der Waals surface area contributed by atoms with Crippen LogP contribution < -0.4 is 10.1 Å². The Morgan fingerprint density at radius 2 is 2.08 bits per heavy atom. The molecule has 25 heavy (non-hydrogen) atoms. The molecule has 0 saturated heterocycles. The van der Waals surface area contributed by atoms with Crippen LogP contribution in [0.4, 0.5) is 0 Å². The quantitative estimate of drug-likeness (QED) is 0.600. The topological polar surface area (TPSA) is 90.4 Å². The van der Waals surface area contributed by atoms with E-state index < -0.39 is 0 Å². The predicted octanol–water partition coefficient (Wildman–Crippen LogP) is 3.30. The summed E-state index contributed by atoms with van der Waals surface area (Å²) in [7, 11) is 0. The molecule has 7 nitrogen and oxygen atoms in total. The van der Waals surface area contributed by atoms with E-state index in [4.69, 9.17) is 25.2 Å². The van der Waals surface area contributed by atoms with Gasteiger partial charge in [-0.3, -0.25) is 4.79 Å². The monoisotopic (exact) mass is 379 g/mol. The lowest BCUT2D eigenvalue weighted by molar-refractivity contribution is -0.118. The van der Waals surface area contributed by atoms with Crippen molar-refractivity contribution in [3.05, 3.63) is 59.3 Å². The lowest BCUT2D eigenvalue weighted by Crippen LogP contribution is -2.24. The second-order valence-electron chi connectivity index (χ2n) is 4.85. The van der Waals surface area contributed by atoms with Crippen LogP contribution >= 0.6 is 23.4 Å². The highest BCUT2D eigenvalue weighted by atomic mass is 35.5. The Balaban J connectivity index is 1.40. The van der Waals surface area contributed by atoms with Crippen molar-refractivity contribution in [2.24, 2.45) is 0 Å². The van der Waals surface area contributed by atoms with Gasteiger partial charge in [-0.25, -0.2) is 0 Å². The van der Waals surface area contributed by atoms with Crippen LogP contribution in [0.5, 0.6) is 5.75 Å². The van der Waals surface area contributed by atoms with E-state index in [1.165, 1.54) is 0 Å². The predicted molar refractivity (Wildman–Crippen MR) is 91.4 cm³/mol. The van der Waals surface area contributed by atoms with E-state index >= 15 is 0 Å². The van der Waals surface area contributed by atoms with Gasteiger partial charge in [0.25, 0.3) is 11.1 Å². The standard InChI is InChI=1S/C16H14ClN3O4S/c17-11-3-5-12(6-4-11)23-9-15-19-20-16(24-15)25-10-14(21)18-8-13-2-1-7-22-13/h1-7H,8-10H2,(H,18,21). The fourth-order valence-corrected chi connectivity index (χ4v) is 2.54. The number of carbonyl (C=O) groups excluding carboxylic acids is 1. The molecule has 3 rings (SSSR count). The first-order valence-corrected chi connectivity index (χ1v) is 8.68. The Bertz CT molecular complexity index is 805. The molecule has 1 aromatic carbocycles. The zero-order valence-corrected chi connectivity index (χ0v) is 14.5. The van der Waals surface area contributed by atoms with E-state index in [9.17, 15) is 4.79 Å². The molecule has 0 saturated carbocycles. The summed E-state index contributed by atoms with van der Waals surface area (Å²) in [5, 5.41) is 11.4. The van der Waals surface area contributed by atoms with Crippen LogP contribution in [0.25, 0.3) is 0 Å². The van der Waals surface area contributed by atoms with Gasteiger partial charge in [-0.1, -0.05) is 23.4 Å². The number of thioether (sulfide) groups is 1. The van der Waals surface area contributed by atoms with Gasteiger partial charge in [0, 0.05) is 5.02 Å². The second kappa shape index (κ2) is 8.59. The number of rotatable bonds is 8. The summed E-state index contributed by atoms with van der Waals surface area (Å²) in [5.41, 5.74) is 0. The van der Waals surface area contributed by atoms with Crippen molar-refractivity contribution in [3.8, 4) is 5.75 Å². The van der Waals surface area contributed by atoms with Gasteiger partial charge in [-0.05, 0) is 36.4 Å². The number of halogens is 1.